The number of hydrogen-bond donors (Lipinski definition) is 0. The average molecular weight is 303 g/mol. The van der Waals surface area contributed by atoms with Gasteiger partial charge in [-0.15, -0.1) is 23.4 Å². The van der Waals surface area contributed by atoms with Gasteiger partial charge in [-0.3, -0.25) is 0 Å². The Bertz CT molecular complexity index is 562. The van der Waals surface area contributed by atoms with Gasteiger partial charge < -0.3 is 0 Å². The highest BCUT2D eigenvalue weighted by Gasteiger charge is 2.19. The molecule has 1 atom stereocenters. The molecule has 0 saturated heterocycles. The van der Waals surface area contributed by atoms with Crippen molar-refractivity contribution >= 4 is 23.4 Å². The molecule has 0 aliphatic heterocycles. The second kappa shape index (κ2) is 6.69. The molecule has 2 aromatic rings. The molecule has 1 aliphatic rings. The minimum Gasteiger partial charge on any atom is -0.126 e. The van der Waals surface area contributed by atoms with Crippen LogP contribution in [-0.4, -0.2) is 5.75 Å². The van der Waals surface area contributed by atoms with Crippen LogP contribution in [0.15, 0.2) is 53.4 Å². The lowest BCUT2D eigenvalue weighted by molar-refractivity contribution is 0.596. The highest BCUT2D eigenvalue weighted by Crippen LogP contribution is 2.35. The first-order valence-electron chi connectivity index (χ1n) is 7.22. The van der Waals surface area contributed by atoms with Crippen molar-refractivity contribution in [2.45, 2.75) is 36.0 Å². The van der Waals surface area contributed by atoms with E-state index < -0.39 is 0 Å². The Hall–Kier alpha value is -0.920. The first-order valence-corrected chi connectivity index (χ1v) is 8.74. The third-order valence-corrected chi connectivity index (χ3v) is 5.51. The van der Waals surface area contributed by atoms with E-state index in [0.717, 1.165) is 0 Å². The summed E-state index contributed by atoms with van der Waals surface area (Å²) in [6, 6.07) is 17.6. The van der Waals surface area contributed by atoms with Crippen molar-refractivity contribution in [2.24, 2.45) is 0 Å². The van der Waals surface area contributed by atoms with Gasteiger partial charge in [0.05, 0.1) is 0 Å². The van der Waals surface area contributed by atoms with E-state index in [-0.39, 0.29) is 0 Å². The predicted octanol–water partition coefficient (Wildman–Crippen LogP) is 5.64. The van der Waals surface area contributed by atoms with E-state index >= 15 is 0 Å². The Labute approximate surface area is 130 Å². The monoisotopic (exact) mass is 302 g/mol. The summed E-state index contributed by atoms with van der Waals surface area (Å²) in [6.45, 7) is 0. The summed E-state index contributed by atoms with van der Waals surface area (Å²) < 4.78 is 0. The molecule has 0 fully saturated rings. The van der Waals surface area contributed by atoms with Crippen molar-refractivity contribution in [3.05, 3.63) is 65.2 Å². The molecule has 0 N–H and O–H groups in total. The zero-order valence-electron chi connectivity index (χ0n) is 11.5. The van der Waals surface area contributed by atoms with Crippen LogP contribution in [0.25, 0.3) is 0 Å². The molecule has 0 aromatic heterocycles. The Kier molecular flexibility index (Phi) is 4.69. The number of rotatable bonds is 4. The van der Waals surface area contributed by atoms with E-state index in [9.17, 15) is 0 Å². The Morgan fingerprint density at radius 3 is 2.65 bits per heavy atom. The van der Waals surface area contributed by atoms with Crippen LogP contribution < -0.4 is 0 Å². The number of benzene rings is 2. The summed E-state index contributed by atoms with van der Waals surface area (Å²) >= 11 is 7.79. The minimum atomic E-state index is 0.598. The first-order chi connectivity index (χ1) is 9.86. The van der Waals surface area contributed by atoms with Crippen molar-refractivity contribution < 1.29 is 0 Å². The smallest absolute Gasteiger partial charge is 0.0474 e. The maximum absolute atomic E-state index is 5.83. The van der Waals surface area contributed by atoms with Gasteiger partial charge in [0.15, 0.2) is 0 Å². The fourth-order valence-corrected chi connectivity index (χ4v) is 4.15. The van der Waals surface area contributed by atoms with Gasteiger partial charge in [-0.25, -0.2) is 0 Å². The predicted molar refractivity (Wildman–Crippen MR) is 88.8 cm³/mol. The van der Waals surface area contributed by atoms with E-state index in [1.165, 1.54) is 35.5 Å². The van der Waals surface area contributed by atoms with Gasteiger partial charge in [0.25, 0.3) is 0 Å². The Morgan fingerprint density at radius 1 is 1.05 bits per heavy atom. The highest BCUT2D eigenvalue weighted by molar-refractivity contribution is 7.99. The van der Waals surface area contributed by atoms with E-state index in [0.29, 0.717) is 11.8 Å². The highest BCUT2D eigenvalue weighted by atomic mass is 35.5. The molecule has 104 valence electrons. The molecular weight excluding hydrogens is 284 g/mol. The molecule has 2 heteroatoms. The Morgan fingerprint density at radius 2 is 1.85 bits per heavy atom. The zero-order valence-corrected chi connectivity index (χ0v) is 13.1. The molecule has 0 spiro atoms. The van der Waals surface area contributed by atoms with Crippen LogP contribution >= 0.6 is 23.4 Å². The minimum absolute atomic E-state index is 0.598. The largest absolute Gasteiger partial charge is 0.126 e. The van der Waals surface area contributed by atoms with Crippen LogP contribution in [0.2, 0.25) is 0 Å². The Balaban J connectivity index is 1.66. The number of fused-ring (bicyclic) bond motifs is 1. The second-order valence-electron chi connectivity index (χ2n) is 5.38. The molecule has 0 bridgehead atoms. The van der Waals surface area contributed by atoms with E-state index in [1.54, 1.807) is 11.1 Å². The topological polar surface area (TPSA) is 0 Å². The summed E-state index contributed by atoms with van der Waals surface area (Å²) in [7, 11) is 0. The number of aryl methyl sites for hydroxylation is 1. The summed E-state index contributed by atoms with van der Waals surface area (Å²) in [5.41, 5.74) is 4.32. The molecule has 3 rings (SSSR count). The van der Waals surface area contributed by atoms with Gasteiger partial charge in [0.2, 0.25) is 0 Å². The van der Waals surface area contributed by atoms with Crippen LogP contribution in [-0.2, 0) is 12.3 Å². The quantitative estimate of drug-likeness (QED) is 0.520. The number of halogens is 1. The standard InChI is InChI=1S/C18H19ClS/c19-12-14-8-10-17(11-9-14)20-13-16-6-3-5-15-4-1-2-7-18(15)16/h1-2,4,7-11,16H,3,5-6,12-13H2. The van der Waals surface area contributed by atoms with Gasteiger partial charge in [-0.05, 0) is 54.0 Å². The third kappa shape index (κ3) is 3.21. The molecule has 1 unspecified atom stereocenters. The lowest BCUT2D eigenvalue weighted by Gasteiger charge is -2.25. The second-order valence-corrected chi connectivity index (χ2v) is 6.74. The van der Waals surface area contributed by atoms with Gasteiger partial charge in [-0.2, -0.15) is 0 Å². The van der Waals surface area contributed by atoms with Gasteiger partial charge in [-0.1, -0.05) is 36.4 Å². The SMILES string of the molecule is ClCc1ccc(SCC2CCCc3ccccc32)cc1. The molecule has 2 aromatic carbocycles. The van der Waals surface area contributed by atoms with E-state index in [1.807, 2.05) is 11.8 Å². The van der Waals surface area contributed by atoms with Crippen LogP contribution in [0, 0.1) is 0 Å². The molecule has 20 heavy (non-hydrogen) atoms. The summed E-state index contributed by atoms with van der Waals surface area (Å²) in [6.07, 6.45) is 3.90. The lowest BCUT2D eigenvalue weighted by atomic mass is 9.84. The van der Waals surface area contributed by atoms with E-state index in [2.05, 4.69) is 48.5 Å². The normalized spacial score (nSPS) is 17.8. The molecule has 0 amide bonds. The van der Waals surface area contributed by atoms with Crippen molar-refractivity contribution in [1.29, 1.82) is 0 Å². The van der Waals surface area contributed by atoms with Crippen LogP contribution in [0.3, 0.4) is 0 Å². The molecule has 0 nitrogen and oxygen atoms in total. The zero-order chi connectivity index (χ0) is 13.8. The lowest BCUT2D eigenvalue weighted by Crippen LogP contribution is -2.11. The van der Waals surface area contributed by atoms with Gasteiger partial charge in [0.1, 0.15) is 0 Å². The summed E-state index contributed by atoms with van der Waals surface area (Å²) in [4.78, 5) is 1.35. The molecule has 0 radical (unpaired) electrons. The number of hydrogen-bond acceptors (Lipinski definition) is 1. The summed E-state index contributed by atoms with van der Waals surface area (Å²) in [5.74, 6) is 2.48. The van der Waals surface area contributed by atoms with E-state index in [4.69, 9.17) is 11.6 Å². The average Bonchev–Trinajstić information content (AvgIpc) is 2.53. The van der Waals surface area contributed by atoms with Gasteiger partial charge in [0, 0.05) is 16.5 Å². The van der Waals surface area contributed by atoms with Gasteiger partial charge >= 0.3 is 0 Å². The van der Waals surface area contributed by atoms with Crippen LogP contribution in [0.4, 0.5) is 0 Å². The van der Waals surface area contributed by atoms with Crippen molar-refractivity contribution in [2.75, 3.05) is 5.75 Å². The maximum Gasteiger partial charge on any atom is 0.0474 e. The molecule has 0 heterocycles. The number of thioether (sulfide) groups is 1. The van der Waals surface area contributed by atoms with Crippen molar-refractivity contribution in [3.63, 3.8) is 0 Å². The third-order valence-electron chi connectivity index (χ3n) is 4.02. The first kappa shape index (κ1) is 14.0. The summed E-state index contributed by atoms with van der Waals surface area (Å²) in [5, 5.41) is 0. The maximum atomic E-state index is 5.83. The van der Waals surface area contributed by atoms with Crippen LogP contribution in [0.5, 0.6) is 0 Å². The molecule has 0 saturated carbocycles. The fourth-order valence-electron chi connectivity index (χ4n) is 2.90. The van der Waals surface area contributed by atoms with Crippen molar-refractivity contribution in [3.8, 4) is 0 Å². The number of alkyl halides is 1. The molecule has 1 aliphatic carbocycles. The molecular formula is C18H19ClS. The van der Waals surface area contributed by atoms with Crippen LogP contribution in [0.1, 0.15) is 35.4 Å². The fraction of sp³-hybridized carbons (Fsp3) is 0.333. The van der Waals surface area contributed by atoms with Crippen molar-refractivity contribution in [1.82, 2.24) is 0 Å².